The summed E-state index contributed by atoms with van der Waals surface area (Å²) in [4.78, 5) is 39.9. The van der Waals surface area contributed by atoms with Gasteiger partial charge in [-0.3, -0.25) is 19.0 Å². The Balaban J connectivity index is 1.66. The Bertz CT molecular complexity index is 1200. The summed E-state index contributed by atoms with van der Waals surface area (Å²) in [5, 5.41) is 2.92. The average molecular weight is 427 g/mol. The number of amides is 2. The first-order valence-corrected chi connectivity index (χ1v) is 9.68. The Morgan fingerprint density at radius 1 is 1.00 bits per heavy atom. The number of para-hydroxylation sites is 1. The van der Waals surface area contributed by atoms with Crippen LogP contribution >= 0.6 is 0 Å². The zero-order valence-corrected chi connectivity index (χ0v) is 16.4. The van der Waals surface area contributed by atoms with E-state index in [1.54, 1.807) is 29.2 Å². The van der Waals surface area contributed by atoms with E-state index in [9.17, 15) is 23.2 Å². The van der Waals surface area contributed by atoms with Gasteiger partial charge >= 0.3 is 0 Å². The number of halogens is 2. The second-order valence-corrected chi connectivity index (χ2v) is 7.11. The molecular weight excluding hydrogens is 408 g/mol. The molecule has 1 aliphatic heterocycles. The highest BCUT2D eigenvalue weighted by Gasteiger charge is 2.22. The van der Waals surface area contributed by atoms with Crippen LogP contribution in [-0.4, -0.2) is 47.6 Å². The second-order valence-electron chi connectivity index (χ2n) is 7.11. The van der Waals surface area contributed by atoms with Crippen LogP contribution < -0.4 is 10.9 Å². The van der Waals surface area contributed by atoms with Gasteiger partial charge in [0, 0.05) is 36.3 Å². The zero-order valence-electron chi connectivity index (χ0n) is 16.4. The third kappa shape index (κ3) is 4.46. The van der Waals surface area contributed by atoms with Gasteiger partial charge in [-0.05, 0) is 18.2 Å². The molecule has 3 aromatic rings. The number of nitrogens with zero attached hydrogens (tertiary/aromatic N) is 2. The van der Waals surface area contributed by atoms with Crippen molar-refractivity contribution < 1.29 is 23.1 Å². The molecular formula is C22H19F2N3O4. The number of nitrogens with one attached hydrogen (secondary N) is 1. The Labute approximate surface area is 175 Å². The number of carbonyl (C=O) groups is 2. The van der Waals surface area contributed by atoms with Gasteiger partial charge in [-0.1, -0.05) is 18.2 Å². The quantitative estimate of drug-likeness (QED) is 0.694. The summed E-state index contributed by atoms with van der Waals surface area (Å²) in [5.74, 6) is -2.57. The van der Waals surface area contributed by atoms with E-state index in [-0.39, 0.29) is 23.7 Å². The molecule has 1 N–H and O–H groups in total. The molecule has 2 aromatic carbocycles. The molecule has 0 atom stereocenters. The summed E-state index contributed by atoms with van der Waals surface area (Å²) in [6.45, 7) is 1.35. The number of fused-ring (bicyclic) bond motifs is 1. The predicted molar refractivity (Wildman–Crippen MR) is 110 cm³/mol. The van der Waals surface area contributed by atoms with Crippen LogP contribution in [0, 0.1) is 11.6 Å². The first-order chi connectivity index (χ1) is 14.9. The molecule has 1 aliphatic rings. The normalized spacial score (nSPS) is 13.9. The maximum atomic E-state index is 13.4. The molecule has 7 nitrogen and oxygen atoms in total. The van der Waals surface area contributed by atoms with Crippen LogP contribution in [0.3, 0.4) is 0 Å². The van der Waals surface area contributed by atoms with E-state index in [1.165, 1.54) is 10.6 Å². The molecule has 1 fully saturated rings. The van der Waals surface area contributed by atoms with Gasteiger partial charge in [0.2, 0.25) is 5.91 Å². The minimum Gasteiger partial charge on any atom is -0.378 e. The number of pyridine rings is 1. The van der Waals surface area contributed by atoms with Crippen molar-refractivity contribution in [2.24, 2.45) is 0 Å². The van der Waals surface area contributed by atoms with E-state index >= 15 is 0 Å². The highest BCUT2D eigenvalue weighted by molar-refractivity contribution is 6.06. The lowest BCUT2D eigenvalue weighted by Gasteiger charge is -2.27. The molecule has 1 saturated heterocycles. The van der Waals surface area contributed by atoms with Gasteiger partial charge in [-0.15, -0.1) is 0 Å². The number of benzene rings is 2. The van der Waals surface area contributed by atoms with Gasteiger partial charge in [0.05, 0.1) is 24.3 Å². The SMILES string of the molecule is O=C(Cn1c(=O)cc(C(=O)N2CCOCC2)c2ccccc21)Nc1cc(F)cc(F)c1. The minimum absolute atomic E-state index is 0.0565. The summed E-state index contributed by atoms with van der Waals surface area (Å²) in [6, 6.07) is 10.6. The summed E-state index contributed by atoms with van der Waals surface area (Å²) < 4.78 is 33.2. The first-order valence-electron chi connectivity index (χ1n) is 9.68. The van der Waals surface area contributed by atoms with Gasteiger partial charge < -0.3 is 15.0 Å². The highest BCUT2D eigenvalue weighted by Crippen LogP contribution is 2.20. The van der Waals surface area contributed by atoms with Crippen molar-refractivity contribution in [1.29, 1.82) is 0 Å². The molecule has 0 spiro atoms. The number of rotatable bonds is 4. The van der Waals surface area contributed by atoms with Crippen molar-refractivity contribution in [2.75, 3.05) is 31.6 Å². The van der Waals surface area contributed by atoms with Gasteiger partial charge in [-0.25, -0.2) is 8.78 Å². The lowest BCUT2D eigenvalue weighted by molar-refractivity contribution is -0.116. The van der Waals surface area contributed by atoms with Crippen LogP contribution in [-0.2, 0) is 16.1 Å². The number of hydrogen-bond donors (Lipinski definition) is 1. The summed E-state index contributed by atoms with van der Waals surface area (Å²) in [7, 11) is 0. The largest absolute Gasteiger partial charge is 0.378 e. The van der Waals surface area contributed by atoms with Crippen LogP contribution in [0.15, 0.2) is 53.3 Å². The van der Waals surface area contributed by atoms with Crippen LogP contribution in [0.25, 0.3) is 10.9 Å². The molecule has 9 heteroatoms. The van der Waals surface area contributed by atoms with Crippen LogP contribution in [0.2, 0.25) is 0 Å². The molecule has 160 valence electrons. The average Bonchev–Trinajstić information content (AvgIpc) is 2.75. The standard InChI is InChI=1S/C22H19F2N3O4/c23-14-9-15(24)11-16(10-14)25-20(28)13-27-19-4-2-1-3-17(19)18(12-21(27)29)22(30)26-5-7-31-8-6-26/h1-4,9-12H,5-8,13H2,(H,25,28). The molecule has 31 heavy (non-hydrogen) atoms. The summed E-state index contributed by atoms with van der Waals surface area (Å²) >= 11 is 0. The van der Waals surface area contributed by atoms with E-state index in [0.29, 0.717) is 43.3 Å². The van der Waals surface area contributed by atoms with Crippen molar-refractivity contribution in [3.05, 3.63) is 76.1 Å². The zero-order chi connectivity index (χ0) is 22.0. The Morgan fingerprint density at radius 2 is 1.68 bits per heavy atom. The fraction of sp³-hybridized carbons (Fsp3) is 0.227. The van der Waals surface area contributed by atoms with Gasteiger partial charge in [0.1, 0.15) is 18.2 Å². The number of anilines is 1. The number of hydrogen-bond acceptors (Lipinski definition) is 4. The topological polar surface area (TPSA) is 80.6 Å². The van der Waals surface area contributed by atoms with Crippen molar-refractivity contribution >= 4 is 28.4 Å². The van der Waals surface area contributed by atoms with Crippen LogP contribution in [0.5, 0.6) is 0 Å². The molecule has 0 aliphatic carbocycles. The molecule has 4 rings (SSSR count). The number of carbonyl (C=O) groups excluding carboxylic acids is 2. The maximum Gasteiger partial charge on any atom is 0.254 e. The third-order valence-electron chi connectivity index (χ3n) is 5.00. The minimum atomic E-state index is -0.830. The van der Waals surface area contributed by atoms with Crippen molar-refractivity contribution in [3.63, 3.8) is 0 Å². The van der Waals surface area contributed by atoms with E-state index in [1.807, 2.05) is 0 Å². The monoisotopic (exact) mass is 427 g/mol. The Kier molecular flexibility index (Phi) is 5.77. The number of aromatic nitrogens is 1. The van der Waals surface area contributed by atoms with Crippen molar-refractivity contribution in [2.45, 2.75) is 6.54 Å². The summed E-state index contributed by atoms with van der Waals surface area (Å²) in [6.07, 6.45) is 0. The Hall–Kier alpha value is -3.59. The fourth-order valence-electron chi connectivity index (χ4n) is 3.58. The second kappa shape index (κ2) is 8.65. The van der Waals surface area contributed by atoms with Crippen LogP contribution in [0.1, 0.15) is 10.4 Å². The van der Waals surface area contributed by atoms with Crippen molar-refractivity contribution in [3.8, 4) is 0 Å². The van der Waals surface area contributed by atoms with Crippen molar-refractivity contribution in [1.82, 2.24) is 9.47 Å². The molecule has 1 aromatic heterocycles. The lowest BCUT2D eigenvalue weighted by atomic mass is 10.1. The van der Waals surface area contributed by atoms with Gasteiger partial charge in [0.25, 0.3) is 11.5 Å². The predicted octanol–water partition coefficient (Wildman–Crippen LogP) is 2.39. The molecule has 2 heterocycles. The molecule has 0 radical (unpaired) electrons. The molecule has 0 unspecified atom stereocenters. The Morgan fingerprint density at radius 3 is 2.39 bits per heavy atom. The lowest BCUT2D eigenvalue weighted by Crippen LogP contribution is -2.41. The van der Waals surface area contributed by atoms with E-state index in [2.05, 4.69) is 5.32 Å². The molecule has 0 bridgehead atoms. The fourth-order valence-corrected chi connectivity index (χ4v) is 3.58. The van der Waals surface area contributed by atoms with Gasteiger partial charge in [-0.2, -0.15) is 0 Å². The molecule has 0 saturated carbocycles. The molecule has 2 amide bonds. The maximum absolute atomic E-state index is 13.4. The number of ether oxygens (including phenoxy) is 1. The smallest absolute Gasteiger partial charge is 0.254 e. The summed E-state index contributed by atoms with van der Waals surface area (Å²) in [5.41, 5.74) is 0.0772. The van der Waals surface area contributed by atoms with E-state index < -0.39 is 23.1 Å². The number of morpholine rings is 1. The third-order valence-corrected chi connectivity index (χ3v) is 5.00. The van der Waals surface area contributed by atoms with E-state index in [0.717, 1.165) is 12.1 Å². The first kappa shape index (κ1) is 20.7. The van der Waals surface area contributed by atoms with Gasteiger partial charge in [0.15, 0.2) is 0 Å². The van der Waals surface area contributed by atoms with Crippen LogP contribution in [0.4, 0.5) is 14.5 Å². The highest BCUT2D eigenvalue weighted by atomic mass is 19.1. The van der Waals surface area contributed by atoms with E-state index in [4.69, 9.17) is 4.74 Å².